The van der Waals surface area contributed by atoms with E-state index in [0.29, 0.717) is 5.41 Å². The molecule has 2 aliphatic carbocycles. The number of fused-ring (bicyclic) bond motifs is 1. The zero-order valence-corrected chi connectivity index (χ0v) is 10.7. The molecule has 0 radical (unpaired) electrons. The lowest BCUT2D eigenvalue weighted by atomic mass is 9.73. The molecule has 0 aliphatic heterocycles. The first-order valence-corrected chi connectivity index (χ1v) is 6.37. The molecule has 2 fully saturated rings. The number of hydrogen-bond acceptors (Lipinski definition) is 0. The predicted octanol–water partition coefficient (Wildman–Crippen LogP) is 4.21. The molecule has 4 atom stereocenters. The highest BCUT2D eigenvalue weighted by molar-refractivity contribution is 5.14. The summed E-state index contributed by atoms with van der Waals surface area (Å²) in [6, 6.07) is 0. The van der Waals surface area contributed by atoms with Crippen molar-refractivity contribution in [3.05, 3.63) is 0 Å². The predicted molar refractivity (Wildman–Crippen MR) is 62.0 cm³/mol. The molecule has 0 heteroatoms. The number of rotatable bonds is 2. The zero-order valence-electron chi connectivity index (χ0n) is 10.7. The van der Waals surface area contributed by atoms with Crippen LogP contribution in [0.25, 0.3) is 0 Å². The first-order valence-electron chi connectivity index (χ1n) is 6.37. The highest BCUT2D eigenvalue weighted by atomic mass is 14.7. The molecule has 0 saturated heterocycles. The van der Waals surface area contributed by atoms with Crippen LogP contribution < -0.4 is 0 Å². The Morgan fingerprint density at radius 1 is 1.00 bits per heavy atom. The molecular weight excluding hydrogens is 168 g/mol. The molecule has 0 aromatic carbocycles. The lowest BCUT2D eigenvalue weighted by Gasteiger charge is -2.32. The Hall–Kier alpha value is 0. The van der Waals surface area contributed by atoms with Gasteiger partial charge < -0.3 is 0 Å². The fourth-order valence-electron chi connectivity index (χ4n) is 4.34. The molecule has 0 nitrogen and oxygen atoms in total. The van der Waals surface area contributed by atoms with E-state index >= 15 is 0 Å². The Morgan fingerprint density at radius 2 is 1.57 bits per heavy atom. The van der Waals surface area contributed by atoms with Crippen LogP contribution in [0.15, 0.2) is 0 Å². The molecule has 4 unspecified atom stereocenters. The van der Waals surface area contributed by atoms with Gasteiger partial charge in [0.2, 0.25) is 0 Å². The summed E-state index contributed by atoms with van der Waals surface area (Å²) in [7, 11) is 0. The molecular formula is C14H26. The second-order valence-corrected chi connectivity index (χ2v) is 6.92. The molecule has 2 saturated carbocycles. The maximum Gasteiger partial charge on any atom is -0.0289 e. The van der Waals surface area contributed by atoms with Crippen molar-refractivity contribution in [1.29, 1.82) is 0 Å². The van der Waals surface area contributed by atoms with Gasteiger partial charge in [-0.2, -0.15) is 0 Å². The van der Waals surface area contributed by atoms with Crippen molar-refractivity contribution >= 4 is 0 Å². The van der Waals surface area contributed by atoms with Gasteiger partial charge in [-0.05, 0) is 47.3 Å². The molecule has 0 spiro atoms. The van der Waals surface area contributed by atoms with Crippen LogP contribution in [0, 0.1) is 40.9 Å². The summed E-state index contributed by atoms with van der Waals surface area (Å²) in [6.07, 6.45) is 1.51. The molecule has 2 rings (SSSR count). The third-order valence-electron chi connectivity index (χ3n) is 5.20. The lowest BCUT2D eigenvalue weighted by Crippen LogP contribution is -2.26. The highest BCUT2D eigenvalue weighted by Crippen LogP contribution is 2.72. The van der Waals surface area contributed by atoms with Crippen molar-refractivity contribution in [2.24, 2.45) is 40.9 Å². The van der Waals surface area contributed by atoms with E-state index in [2.05, 4.69) is 41.5 Å². The van der Waals surface area contributed by atoms with Crippen LogP contribution in [0.2, 0.25) is 0 Å². The van der Waals surface area contributed by atoms with Crippen LogP contribution in [0.1, 0.15) is 48.0 Å². The lowest BCUT2D eigenvalue weighted by molar-refractivity contribution is 0.165. The smallest absolute Gasteiger partial charge is 0.0289 e. The van der Waals surface area contributed by atoms with Crippen molar-refractivity contribution in [3.63, 3.8) is 0 Å². The van der Waals surface area contributed by atoms with E-state index in [9.17, 15) is 0 Å². The fraction of sp³-hybridized carbons (Fsp3) is 1.00. The third kappa shape index (κ3) is 1.26. The molecule has 0 aromatic rings. The molecule has 2 aliphatic rings. The minimum Gasteiger partial charge on any atom is -0.0625 e. The van der Waals surface area contributed by atoms with Gasteiger partial charge >= 0.3 is 0 Å². The van der Waals surface area contributed by atoms with E-state index in [4.69, 9.17) is 0 Å². The van der Waals surface area contributed by atoms with Crippen LogP contribution in [-0.4, -0.2) is 0 Å². The average molecular weight is 194 g/mol. The second kappa shape index (κ2) is 3.00. The van der Waals surface area contributed by atoms with Crippen molar-refractivity contribution < 1.29 is 0 Å². The van der Waals surface area contributed by atoms with Crippen molar-refractivity contribution in [2.45, 2.75) is 48.0 Å². The molecule has 0 amide bonds. The third-order valence-corrected chi connectivity index (χ3v) is 5.20. The molecule has 0 N–H and O–H groups in total. The Labute approximate surface area is 89.5 Å². The summed E-state index contributed by atoms with van der Waals surface area (Å²) in [5, 5.41) is 0. The summed E-state index contributed by atoms with van der Waals surface area (Å²) < 4.78 is 0. The molecule has 14 heavy (non-hydrogen) atoms. The van der Waals surface area contributed by atoms with Gasteiger partial charge in [0.25, 0.3) is 0 Å². The maximum absolute atomic E-state index is 2.48. The average Bonchev–Trinajstić information content (AvgIpc) is 2.47. The van der Waals surface area contributed by atoms with Gasteiger partial charge in [-0.1, -0.05) is 41.5 Å². The van der Waals surface area contributed by atoms with E-state index < -0.39 is 0 Å². The van der Waals surface area contributed by atoms with Gasteiger partial charge in [0, 0.05) is 0 Å². The SMILES string of the molecule is CC(C)C1CC2C(C1C(C)C)C2(C)C. The van der Waals surface area contributed by atoms with Crippen LogP contribution in [0.3, 0.4) is 0 Å². The zero-order chi connectivity index (χ0) is 10.7. The van der Waals surface area contributed by atoms with Crippen molar-refractivity contribution in [2.75, 3.05) is 0 Å². The molecule has 82 valence electrons. The Bertz CT molecular complexity index is 222. The monoisotopic (exact) mass is 194 g/mol. The highest BCUT2D eigenvalue weighted by Gasteiger charge is 2.67. The Morgan fingerprint density at radius 3 is 2.00 bits per heavy atom. The minimum atomic E-state index is 0.681. The molecule has 0 aromatic heterocycles. The van der Waals surface area contributed by atoms with Crippen molar-refractivity contribution in [1.82, 2.24) is 0 Å². The standard InChI is InChI=1S/C14H26/c1-8(2)10-7-11-13(14(11,5)6)12(10)9(3)4/h8-13H,7H2,1-6H3. The molecule has 0 bridgehead atoms. The summed E-state index contributed by atoms with van der Waals surface area (Å²) in [4.78, 5) is 0. The minimum absolute atomic E-state index is 0.681. The summed E-state index contributed by atoms with van der Waals surface area (Å²) in [5.74, 6) is 5.91. The first-order chi connectivity index (χ1) is 6.37. The van der Waals surface area contributed by atoms with E-state index in [1.54, 1.807) is 0 Å². The van der Waals surface area contributed by atoms with Gasteiger partial charge in [0.05, 0.1) is 0 Å². The van der Waals surface area contributed by atoms with E-state index in [1.165, 1.54) is 6.42 Å². The maximum atomic E-state index is 2.48. The second-order valence-electron chi connectivity index (χ2n) is 6.92. The van der Waals surface area contributed by atoms with Gasteiger partial charge in [0.1, 0.15) is 0 Å². The topological polar surface area (TPSA) is 0 Å². The van der Waals surface area contributed by atoms with Crippen LogP contribution >= 0.6 is 0 Å². The van der Waals surface area contributed by atoms with Crippen LogP contribution in [0.5, 0.6) is 0 Å². The summed E-state index contributed by atoms with van der Waals surface area (Å²) >= 11 is 0. The first kappa shape index (κ1) is 10.5. The quantitative estimate of drug-likeness (QED) is 0.618. The van der Waals surface area contributed by atoms with E-state index in [0.717, 1.165) is 35.5 Å². The van der Waals surface area contributed by atoms with Crippen molar-refractivity contribution in [3.8, 4) is 0 Å². The number of hydrogen-bond donors (Lipinski definition) is 0. The van der Waals surface area contributed by atoms with Crippen LogP contribution in [0.4, 0.5) is 0 Å². The fourth-order valence-corrected chi connectivity index (χ4v) is 4.34. The largest absolute Gasteiger partial charge is 0.0625 e. The van der Waals surface area contributed by atoms with Gasteiger partial charge in [-0.3, -0.25) is 0 Å². The van der Waals surface area contributed by atoms with Gasteiger partial charge in [-0.15, -0.1) is 0 Å². The van der Waals surface area contributed by atoms with E-state index in [1.807, 2.05) is 0 Å². The Kier molecular flexibility index (Phi) is 2.25. The Balaban J connectivity index is 2.15. The summed E-state index contributed by atoms with van der Waals surface area (Å²) in [5.41, 5.74) is 0.681. The van der Waals surface area contributed by atoms with Gasteiger partial charge in [-0.25, -0.2) is 0 Å². The molecule has 0 heterocycles. The summed E-state index contributed by atoms with van der Waals surface area (Å²) in [6.45, 7) is 14.6. The van der Waals surface area contributed by atoms with E-state index in [-0.39, 0.29) is 0 Å². The van der Waals surface area contributed by atoms with Gasteiger partial charge in [0.15, 0.2) is 0 Å². The normalized spacial score (nSPS) is 44.6. The van der Waals surface area contributed by atoms with Crippen LogP contribution in [-0.2, 0) is 0 Å².